The molecule has 0 aliphatic rings. The van der Waals surface area contributed by atoms with Crippen molar-refractivity contribution >= 4 is 17.5 Å². The number of aromatic nitrogens is 3. The van der Waals surface area contributed by atoms with Crippen molar-refractivity contribution in [3.05, 3.63) is 77.6 Å². The highest BCUT2D eigenvalue weighted by atomic mass is 16.2. The second kappa shape index (κ2) is 9.64. The second-order valence-electron chi connectivity index (χ2n) is 6.80. The lowest BCUT2D eigenvalue weighted by Crippen LogP contribution is -2.26. The first-order valence-corrected chi connectivity index (χ1v) is 9.68. The maximum atomic E-state index is 12.5. The molecule has 7 heteroatoms. The summed E-state index contributed by atoms with van der Waals surface area (Å²) >= 11 is 0. The van der Waals surface area contributed by atoms with Gasteiger partial charge in [-0.2, -0.15) is 0 Å². The lowest BCUT2D eigenvalue weighted by atomic mass is 10.1. The summed E-state index contributed by atoms with van der Waals surface area (Å²) in [6, 6.07) is 12.6. The molecule has 3 aromatic rings. The molecule has 3 rings (SSSR count). The van der Waals surface area contributed by atoms with Gasteiger partial charge in [-0.25, -0.2) is 9.97 Å². The van der Waals surface area contributed by atoms with E-state index in [4.69, 9.17) is 0 Å². The minimum Gasteiger partial charge on any atom is -0.343 e. The smallest absolute Gasteiger partial charge is 0.274 e. The SMILES string of the molecule is CCCCc1ccc(NC(=O)c2cccc(C(=O)NCc3nccn3C)n2)cc1. The van der Waals surface area contributed by atoms with Crippen LogP contribution < -0.4 is 10.6 Å². The molecular weight excluding hydrogens is 366 g/mol. The van der Waals surface area contributed by atoms with Gasteiger partial charge in [-0.15, -0.1) is 0 Å². The standard InChI is InChI=1S/C22H25N5O2/c1-3-4-6-16-9-11-17(12-10-16)25-22(29)19-8-5-7-18(26-19)21(28)24-15-20-23-13-14-27(20)2/h5,7-14H,3-4,6,15H2,1-2H3,(H,24,28)(H,25,29). The number of pyridine rings is 1. The molecule has 7 nitrogen and oxygen atoms in total. The third-order valence-electron chi connectivity index (χ3n) is 4.57. The average Bonchev–Trinajstić information content (AvgIpc) is 3.16. The first kappa shape index (κ1) is 20.3. The highest BCUT2D eigenvalue weighted by Gasteiger charge is 2.13. The van der Waals surface area contributed by atoms with E-state index in [1.807, 2.05) is 35.9 Å². The van der Waals surface area contributed by atoms with E-state index in [1.54, 1.807) is 30.6 Å². The monoisotopic (exact) mass is 391 g/mol. The number of carbonyl (C=O) groups excluding carboxylic acids is 2. The predicted octanol–water partition coefficient (Wildman–Crippen LogP) is 3.34. The van der Waals surface area contributed by atoms with Gasteiger partial charge in [0.15, 0.2) is 0 Å². The third kappa shape index (κ3) is 5.51. The molecule has 0 aliphatic carbocycles. The largest absolute Gasteiger partial charge is 0.343 e. The normalized spacial score (nSPS) is 10.6. The van der Waals surface area contributed by atoms with Crippen LogP contribution in [-0.2, 0) is 20.0 Å². The Morgan fingerprint density at radius 3 is 2.41 bits per heavy atom. The van der Waals surface area contributed by atoms with E-state index >= 15 is 0 Å². The second-order valence-corrected chi connectivity index (χ2v) is 6.80. The molecule has 0 fully saturated rings. The van der Waals surface area contributed by atoms with Crippen LogP contribution in [0.4, 0.5) is 5.69 Å². The van der Waals surface area contributed by atoms with Crippen molar-refractivity contribution in [3.63, 3.8) is 0 Å². The average molecular weight is 391 g/mol. The van der Waals surface area contributed by atoms with Crippen LogP contribution in [0.25, 0.3) is 0 Å². The molecule has 0 atom stereocenters. The summed E-state index contributed by atoms with van der Waals surface area (Å²) in [4.78, 5) is 33.2. The van der Waals surface area contributed by atoms with Crippen LogP contribution >= 0.6 is 0 Å². The molecule has 0 spiro atoms. The van der Waals surface area contributed by atoms with Crippen LogP contribution in [0.15, 0.2) is 54.9 Å². The number of benzene rings is 1. The van der Waals surface area contributed by atoms with E-state index in [0.717, 1.165) is 25.1 Å². The zero-order valence-electron chi connectivity index (χ0n) is 16.7. The van der Waals surface area contributed by atoms with Crippen LogP contribution in [0.2, 0.25) is 0 Å². The number of anilines is 1. The predicted molar refractivity (Wildman–Crippen MR) is 112 cm³/mol. The lowest BCUT2D eigenvalue weighted by molar-refractivity contribution is 0.0944. The maximum absolute atomic E-state index is 12.5. The summed E-state index contributed by atoms with van der Waals surface area (Å²) in [5.41, 5.74) is 2.31. The fraction of sp³-hybridized carbons (Fsp3) is 0.273. The summed E-state index contributed by atoms with van der Waals surface area (Å²) in [6.07, 6.45) is 6.80. The Bertz CT molecular complexity index is 979. The molecule has 2 aromatic heterocycles. The molecule has 0 aliphatic heterocycles. The highest BCUT2D eigenvalue weighted by Crippen LogP contribution is 2.13. The minimum atomic E-state index is -0.358. The quantitative estimate of drug-likeness (QED) is 0.616. The van der Waals surface area contributed by atoms with Gasteiger partial charge in [-0.3, -0.25) is 9.59 Å². The summed E-state index contributed by atoms with van der Waals surface area (Å²) in [7, 11) is 1.86. The molecule has 0 saturated heterocycles. The number of hydrogen-bond donors (Lipinski definition) is 2. The lowest BCUT2D eigenvalue weighted by Gasteiger charge is -2.08. The van der Waals surface area contributed by atoms with E-state index in [1.165, 1.54) is 5.56 Å². The van der Waals surface area contributed by atoms with Crippen LogP contribution in [0.3, 0.4) is 0 Å². The van der Waals surface area contributed by atoms with Gasteiger partial charge in [0.1, 0.15) is 17.2 Å². The van der Waals surface area contributed by atoms with E-state index in [-0.39, 0.29) is 29.7 Å². The number of carbonyl (C=O) groups is 2. The van der Waals surface area contributed by atoms with Crippen molar-refractivity contribution < 1.29 is 9.59 Å². The molecule has 29 heavy (non-hydrogen) atoms. The Labute approximate surface area is 170 Å². The van der Waals surface area contributed by atoms with Crippen molar-refractivity contribution in [2.24, 2.45) is 7.05 Å². The zero-order chi connectivity index (χ0) is 20.6. The van der Waals surface area contributed by atoms with Crippen LogP contribution in [-0.4, -0.2) is 26.3 Å². The number of amides is 2. The van der Waals surface area contributed by atoms with E-state index in [2.05, 4.69) is 27.5 Å². The number of nitrogens with zero attached hydrogens (tertiary/aromatic N) is 3. The molecule has 2 heterocycles. The van der Waals surface area contributed by atoms with Crippen molar-refractivity contribution in [2.45, 2.75) is 32.7 Å². The van der Waals surface area contributed by atoms with Crippen LogP contribution in [0.1, 0.15) is 52.1 Å². The summed E-state index contributed by atoms with van der Waals surface area (Å²) in [5.74, 6) is 0.0163. The maximum Gasteiger partial charge on any atom is 0.274 e. The van der Waals surface area contributed by atoms with E-state index in [0.29, 0.717) is 5.69 Å². The molecule has 0 bridgehead atoms. The highest BCUT2D eigenvalue weighted by molar-refractivity contribution is 6.03. The molecule has 0 unspecified atom stereocenters. The number of nitrogens with one attached hydrogen (secondary N) is 2. The fourth-order valence-electron chi connectivity index (χ4n) is 2.84. The Hall–Kier alpha value is -3.48. The van der Waals surface area contributed by atoms with Crippen LogP contribution in [0.5, 0.6) is 0 Å². The Balaban J connectivity index is 1.61. The summed E-state index contributed by atoms with van der Waals surface area (Å²) in [6.45, 7) is 2.44. The van der Waals surface area contributed by atoms with Crippen molar-refractivity contribution in [2.75, 3.05) is 5.32 Å². The molecule has 2 amide bonds. The first-order chi connectivity index (χ1) is 14.1. The van der Waals surface area contributed by atoms with Gasteiger partial charge in [0, 0.05) is 25.1 Å². The molecule has 1 aromatic carbocycles. The Kier molecular flexibility index (Phi) is 6.73. The molecular formula is C22H25N5O2. The Morgan fingerprint density at radius 2 is 1.76 bits per heavy atom. The van der Waals surface area contributed by atoms with Gasteiger partial charge < -0.3 is 15.2 Å². The van der Waals surface area contributed by atoms with Crippen LogP contribution in [0, 0.1) is 0 Å². The number of unbranched alkanes of at least 4 members (excludes halogenated alkanes) is 1. The van der Waals surface area contributed by atoms with Gasteiger partial charge >= 0.3 is 0 Å². The van der Waals surface area contributed by atoms with E-state index in [9.17, 15) is 9.59 Å². The number of imidazole rings is 1. The van der Waals surface area contributed by atoms with Gasteiger partial charge in [-0.1, -0.05) is 31.5 Å². The topological polar surface area (TPSA) is 88.9 Å². The number of rotatable bonds is 8. The number of hydrogen-bond acceptors (Lipinski definition) is 4. The minimum absolute atomic E-state index is 0.182. The number of aryl methyl sites for hydroxylation is 2. The summed E-state index contributed by atoms with van der Waals surface area (Å²) in [5, 5.41) is 5.59. The van der Waals surface area contributed by atoms with Gasteiger partial charge in [0.2, 0.25) is 0 Å². The summed E-state index contributed by atoms with van der Waals surface area (Å²) < 4.78 is 1.82. The van der Waals surface area contributed by atoms with Crippen molar-refractivity contribution in [1.82, 2.24) is 19.9 Å². The Morgan fingerprint density at radius 1 is 1.03 bits per heavy atom. The van der Waals surface area contributed by atoms with Gasteiger partial charge in [-0.05, 0) is 42.7 Å². The fourth-order valence-corrected chi connectivity index (χ4v) is 2.84. The van der Waals surface area contributed by atoms with Crippen molar-refractivity contribution in [1.29, 1.82) is 0 Å². The molecule has 2 N–H and O–H groups in total. The molecule has 0 saturated carbocycles. The first-order valence-electron chi connectivity index (χ1n) is 9.68. The third-order valence-corrected chi connectivity index (χ3v) is 4.57. The molecule has 150 valence electrons. The molecule has 0 radical (unpaired) electrons. The zero-order valence-corrected chi connectivity index (χ0v) is 16.7. The van der Waals surface area contributed by atoms with Gasteiger partial charge in [0.25, 0.3) is 11.8 Å². The van der Waals surface area contributed by atoms with E-state index < -0.39 is 0 Å². The van der Waals surface area contributed by atoms with Crippen molar-refractivity contribution in [3.8, 4) is 0 Å². The van der Waals surface area contributed by atoms with Gasteiger partial charge in [0.05, 0.1) is 6.54 Å².